The number of rotatable bonds is 10. The standard InChI is InChI=1S/C23H27N3O8/c1-15(27)23(30,13-26-11-19(24-25-26)18-7-5-4-6-8-18)14-32-22-10-9-20(33-17(3)29)21(34-22)12-31-16(2)28/h4-11,20-22,30H,12-14H2,1-3H3/t20-,21+,22-,23?/m0/s1. The van der Waals surface area contributed by atoms with Crippen LogP contribution in [0.2, 0.25) is 0 Å². The summed E-state index contributed by atoms with van der Waals surface area (Å²) in [7, 11) is 0. The fourth-order valence-electron chi connectivity index (χ4n) is 3.22. The van der Waals surface area contributed by atoms with E-state index in [4.69, 9.17) is 18.9 Å². The molecule has 4 atom stereocenters. The lowest BCUT2D eigenvalue weighted by Crippen LogP contribution is -2.48. The normalized spacial score (nSPS) is 21.5. The Kier molecular flexibility index (Phi) is 8.26. The van der Waals surface area contributed by atoms with Crippen LogP contribution in [0.4, 0.5) is 0 Å². The minimum atomic E-state index is -1.91. The predicted octanol–water partition coefficient (Wildman–Crippen LogP) is 1.06. The first-order valence-electron chi connectivity index (χ1n) is 10.6. The number of nitrogens with zero attached hydrogens (tertiary/aromatic N) is 3. The van der Waals surface area contributed by atoms with Crippen LogP contribution in [-0.4, -0.2) is 75.1 Å². The van der Waals surface area contributed by atoms with Crippen molar-refractivity contribution in [1.29, 1.82) is 0 Å². The minimum absolute atomic E-state index is 0.171. The zero-order valence-corrected chi connectivity index (χ0v) is 19.1. The number of hydrogen-bond acceptors (Lipinski definition) is 10. The average molecular weight is 473 g/mol. The van der Waals surface area contributed by atoms with E-state index in [0.29, 0.717) is 5.69 Å². The molecule has 0 saturated heterocycles. The number of Topliss-reactive ketones (excluding diaryl/α,β-unsaturated/α-hetero) is 1. The molecule has 182 valence electrons. The fourth-order valence-corrected chi connectivity index (χ4v) is 3.22. The van der Waals surface area contributed by atoms with Gasteiger partial charge in [-0.25, -0.2) is 4.68 Å². The van der Waals surface area contributed by atoms with Gasteiger partial charge in [-0.1, -0.05) is 35.5 Å². The largest absolute Gasteiger partial charge is 0.463 e. The highest BCUT2D eigenvalue weighted by Crippen LogP contribution is 2.21. The van der Waals surface area contributed by atoms with Crippen molar-refractivity contribution in [3.8, 4) is 11.3 Å². The third-order valence-corrected chi connectivity index (χ3v) is 5.06. The molecule has 0 saturated carbocycles. The molecule has 3 rings (SSSR count). The second-order valence-electron chi connectivity index (χ2n) is 7.87. The second-order valence-corrected chi connectivity index (χ2v) is 7.87. The van der Waals surface area contributed by atoms with Crippen LogP contribution >= 0.6 is 0 Å². The van der Waals surface area contributed by atoms with Gasteiger partial charge >= 0.3 is 11.9 Å². The van der Waals surface area contributed by atoms with Crippen molar-refractivity contribution in [1.82, 2.24) is 15.0 Å². The molecule has 11 heteroatoms. The highest BCUT2D eigenvalue weighted by atomic mass is 16.7. The number of aliphatic hydroxyl groups is 1. The Labute approximate surface area is 196 Å². The first-order valence-corrected chi connectivity index (χ1v) is 10.6. The van der Waals surface area contributed by atoms with E-state index in [2.05, 4.69) is 10.3 Å². The molecule has 2 aromatic rings. The summed E-state index contributed by atoms with van der Waals surface area (Å²) in [5, 5.41) is 19.1. The van der Waals surface area contributed by atoms with Crippen molar-refractivity contribution < 1.29 is 38.4 Å². The van der Waals surface area contributed by atoms with Crippen LogP contribution in [0.1, 0.15) is 20.8 Å². The third-order valence-electron chi connectivity index (χ3n) is 5.06. The number of benzene rings is 1. The number of esters is 2. The maximum absolute atomic E-state index is 12.3. The number of ether oxygens (including phenoxy) is 4. The summed E-state index contributed by atoms with van der Waals surface area (Å²) in [6.45, 7) is 2.97. The van der Waals surface area contributed by atoms with E-state index in [1.54, 1.807) is 12.3 Å². The van der Waals surface area contributed by atoms with Crippen LogP contribution in [0.5, 0.6) is 0 Å². The van der Waals surface area contributed by atoms with Crippen LogP contribution in [-0.2, 0) is 39.9 Å². The zero-order chi connectivity index (χ0) is 24.7. The molecule has 1 aliphatic rings. The van der Waals surface area contributed by atoms with E-state index in [9.17, 15) is 19.5 Å². The van der Waals surface area contributed by atoms with Gasteiger partial charge in [-0.3, -0.25) is 14.4 Å². The maximum Gasteiger partial charge on any atom is 0.303 e. The molecule has 0 fully saturated rings. The molecule has 0 radical (unpaired) electrons. The van der Waals surface area contributed by atoms with Gasteiger partial charge in [0.05, 0.1) is 19.3 Å². The Morgan fingerprint density at radius 1 is 1.12 bits per heavy atom. The average Bonchev–Trinajstić information content (AvgIpc) is 3.25. The molecular formula is C23H27N3O8. The number of ketones is 1. The molecule has 2 heterocycles. The first kappa shape index (κ1) is 25.2. The van der Waals surface area contributed by atoms with Crippen LogP contribution in [0, 0.1) is 0 Å². The van der Waals surface area contributed by atoms with Crippen LogP contribution in [0.15, 0.2) is 48.7 Å². The predicted molar refractivity (Wildman–Crippen MR) is 117 cm³/mol. The van der Waals surface area contributed by atoms with Crippen molar-refractivity contribution in [2.24, 2.45) is 0 Å². The van der Waals surface area contributed by atoms with Gasteiger partial charge in [0, 0.05) is 19.4 Å². The monoisotopic (exact) mass is 473 g/mol. The number of hydrogen-bond donors (Lipinski definition) is 1. The molecule has 0 amide bonds. The molecule has 1 N–H and O–H groups in total. The minimum Gasteiger partial charge on any atom is -0.463 e. The molecule has 1 aliphatic heterocycles. The van der Waals surface area contributed by atoms with E-state index in [1.807, 2.05) is 30.3 Å². The Morgan fingerprint density at radius 2 is 1.85 bits per heavy atom. The van der Waals surface area contributed by atoms with Crippen LogP contribution in [0.3, 0.4) is 0 Å². The SMILES string of the molecule is CC(=O)OC[C@H]1O[C@H](OCC(O)(Cn2cc(-c3ccccc3)nn2)C(C)=O)C=C[C@@H]1OC(C)=O. The fraction of sp³-hybridized carbons (Fsp3) is 0.435. The number of aromatic nitrogens is 3. The molecule has 0 spiro atoms. The lowest BCUT2D eigenvalue weighted by Gasteiger charge is -2.33. The molecule has 0 bridgehead atoms. The summed E-state index contributed by atoms with van der Waals surface area (Å²) in [5.41, 5.74) is -0.467. The first-order chi connectivity index (χ1) is 16.2. The molecule has 34 heavy (non-hydrogen) atoms. The second kappa shape index (κ2) is 11.1. The number of carbonyl (C=O) groups is 3. The summed E-state index contributed by atoms with van der Waals surface area (Å²) in [4.78, 5) is 34.8. The molecule has 11 nitrogen and oxygen atoms in total. The van der Waals surface area contributed by atoms with Crippen molar-refractivity contribution >= 4 is 17.7 Å². The quantitative estimate of drug-likeness (QED) is 0.393. The van der Waals surface area contributed by atoms with Gasteiger partial charge in [0.25, 0.3) is 0 Å². The Morgan fingerprint density at radius 3 is 2.50 bits per heavy atom. The molecule has 1 unspecified atom stereocenters. The van der Waals surface area contributed by atoms with E-state index >= 15 is 0 Å². The molecular weight excluding hydrogens is 446 g/mol. The summed E-state index contributed by atoms with van der Waals surface area (Å²) in [6.07, 6.45) is 2.07. The van der Waals surface area contributed by atoms with Crippen molar-refractivity contribution in [3.05, 3.63) is 48.7 Å². The third kappa shape index (κ3) is 6.80. The maximum atomic E-state index is 12.3. The van der Waals surface area contributed by atoms with Crippen molar-refractivity contribution in [2.75, 3.05) is 13.2 Å². The highest BCUT2D eigenvalue weighted by Gasteiger charge is 2.37. The van der Waals surface area contributed by atoms with Crippen molar-refractivity contribution in [2.45, 2.75) is 51.4 Å². The van der Waals surface area contributed by atoms with Gasteiger partial charge in [-0.2, -0.15) is 0 Å². The van der Waals surface area contributed by atoms with E-state index in [-0.39, 0.29) is 13.2 Å². The van der Waals surface area contributed by atoms with Gasteiger partial charge in [-0.05, 0) is 19.1 Å². The molecule has 0 aliphatic carbocycles. The van der Waals surface area contributed by atoms with Gasteiger partial charge < -0.3 is 24.1 Å². The van der Waals surface area contributed by atoms with Crippen LogP contribution < -0.4 is 0 Å². The van der Waals surface area contributed by atoms with Gasteiger partial charge in [0.2, 0.25) is 0 Å². The summed E-state index contributed by atoms with van der Waals surface area (Å²) < 4.78 is 22.9. The topological polar surface area (TPSA) is 139 Å². The van der Waals surface area contributed by atoms with E-state index in [0.717, 1.165) is 5.56 Å². The van der Waals surface area contributed by atoms with Gasteiger partial charge in [-0.15, -0.1) is 5.10 Å². The Hall–Kier alpha value is -3.41. The van der Waals surface area contributed by atoms with Crippen molar-refractivity contribution in [3.63, 3.8) is 0 Å². The summed E-state index contributed by atoms with van der Waals surface area (Å²) >= 11 is 0. The lowest BCUT2D eigenvalue weighted by atomic mass is 10.0. The smallest absolute Gasteiger partial charge is 0.303 e. The Bertz CT molecular complexity index is 1040. The highest BCUT2D eigenvalue weighted by molar-refractivity contribution is 5.84. The van der Waals surface area contributed by atoms with Crippen LogP contribution in [0.25, 0.3) is 11.3 Å². The van der Waals surface area contributed by atoms with E-state index < -0.39 is 48.4 Å². The van der Waals surface area contributed by atoms with Gasteiger partial charge in [0.1, 0.15) is 24.5 Å². The zero-order valence-electron chi connectivity index (χ0n) is 19.1. The molecule has 1 aromatic heterocycles. The number of carbonyl (C=O) groups excluding carboxylic acids is 3. The Balaban J connectivity index is 1.66. The van der Waals surface area contributed by atoms with E-state index in [1.165, 1.54) is 31.5 Å². The summed E-state index contributed by atoms with van der Waals surface area (Å²) in [5.74, 6) is -1.58. The lowest BCUT2D eigenvalue weighted by molar-refractivity contribution is -0.211. The molecule has 1 aromatic carbocycles. The van der Waals surface area contributed by atoms with Gasteiger partial charge in [0.15, 0.2) is 17.7 Å². The summed E-state index contributed by atoms with van der Waals surface area (Å²) in [6, 6.07) is 9.36.